The molecule has 0 fully saturated rings. The number of hydrogen-bond acceptors (Lipinski definition) is 2. The van der Waals surface area contributed by atoms with Gasteiger partial charge >= 0.3 is 6.61 Å². The van der Waals surface area contributed by atoms with Crippen LogP contribution in [0.1, 0.15) is 5.56 Å². The molecule has 2 nitrogen and oxygen atoms in total. The fraction of sp³-hybridized carbons (Fsp3) is 0.125. The summed E-state index contributed by atoms with van der Waals surface area (Å²) in [6, 6.07) is 2.30. The van der Waals surface area contributed by atoms with E-state index >= 15 is 0 Å². The van der Waals surface area contributed by atoms with Gasteiger partial charge in [0.15, 0.2) is 11.6 Å². The van der Waals surface area contributed by atoms with Gasteiger partial charge in [0.2, 0.25) is 0 Å². The zero-order chi connectivity index (χ0) is 10.7. The predicted molar refractivity (Wildman–Crippen MR) is 37.7 cm³/mol. The van der Waals surface area contributed by atoms with Gasteiger partial charge in [0.1, 0.15) is 11.8 Å². The Morgan fingerprint density at radius 1 is 1.21 bits per heavy atom. The summed E-state index contributed by atoms with van der Waals surface area (Å²) < 4.78 is 52.3. The third kappa shape index (κ3) is 2.13. The average Bonchev–Trinajstić information content (AvgIpc) is 2.10. The highest BCUT2D eigenvalue weighted by Gasteiger charge is 2.14. The molecule has 0 radical (unpaired) electrons. The van der Waals surface area contributed by atoms with Gasteiger partial charge in [-0.05, 0) is 6.07 Å². The molecule has 74 valence electrons. The summed E-state index contributed by atoms with van der Waals surface area (Å²) in [5.41, 5.74) is -0.482. The minimum atomic E-state index is -3.19. The smallest absolute Gasteiger partial charge is 0.387 e. The largest absolute Gasteiger partial charge is 0.433 e. The summed E-state index contributed by atoms with van der Waals surface area (Å²) in [7, 11) is 0. The summed E-state index contributed by atoms with van der Waals surface area (Å²) in [6.45, 7) is -3.19. The van der Waals surface area contributed by atoms with Crippen molar-refractivity contribution in [3.63, 3.8) is 0 Å². The second kappa shape index (κ2) is 3.96. The lowest BCUT2D eigenvalue weighted by molar-refractivity contribution is -0.0502. The van der Waals surface area contributed by atoms with E-state index in [4.69, 9.17) is 5.26 Å². The highest BCUT2D eigenvalue weighted by atomic mass is 19.3. The van der Waals surface area contributed by atoms with Crippen molar-refractivity contribution < 1.29 is 22.3 Å². The Hall–Kier alpha value is -1.77. The summed E-state index contributed by atoms with van der Waals surface area (Å²) >= 11 is 0. The van der Waals surface area contributed by atoms with Crippen molar-refractivity contribution in [2.24, 2.45) is 0 Å². The van der Waals surface area contributed by atoms with Crippen molar-refractivity contribution in [3.8, 4) is 11.8 Å². The quantitative estimate of drug-likeness (QED) is 0.694. The van der Waals surface area contributed by atoms with Crippen molar-refractivity contribution in [2.45, 2.75) is 6.61 Å². The molecule has 0 aliphatic heterocycles. The molecule has 0 spiro atoms. The van der Waals surface area contributed by atoms with E-state index in [0.717, 1.165) is 0 Å². The van der Waals surface area contributed by atoms with E-state index in [1.54, 1.807) is 0 Å². The van der Waals surface area contributed by atoms with Gasteiger partial charge in [-0.3, -0.25) is 0 Å². The molecule has 0 bridgehead atoms. The fourth-order valence-electron chi connectivity index (χ4n) is 0.809. The normalized spacial score (nSPS) is 10.0. The maximum absolute atomic E-state index is 12.5. The first-order chi connectivity index (χ1) is 6.54. The van der Waals surface area contributed by atoms with Crippen LogP contribution in [0.15, 0.2) is 12.1 Å². The van der Waals surface area contributed by atoms with E-state index in [9.17, 15) is 17.6 Å². The minimum Gasteiger partial charge on any atom is -0.433 e. The van der Waals surface area contributed by atoms with E-state index in [1.165, 1.54) is 6.07 Å². The summed E-state index contributed by atoms with van der Waals surface area (Å²) in [4.78, 5) is 0. The number of alkyl halides is 2. The molecule has 1 rings (SSSR count). The van der Waals surface area contributed by atoms with Gasteiger partial charge < -0.3 is 4.74 Å². The Morgan fingerprint density at radius 3 is 2.29 bits per heavy atom. The average molecular weight is 205 g/mol. The van der Waals surface area contributed by atoms with Crippen LogP contribution in [0, 0.1) is 23.0 Å². The molecule has 14 heavy (non-hydrogen) atoms. The molecule has 0 atom stereocenters. The van der Waals surface area contributed by atoms with Gasteiger partial charge in [0, 0.05) is 6.07 Å². The molecule has 1 aromatic carbocycles. The molecular weight excluding hydrogens is 202 g/mol. The van der Waals surface area contributed by atoms with E-state index in [0.29, 0.717) is 12.1 Å². The van der Waals surface area contributed by atoms with Crippen LogP contribution >= 0.6 is 0 Å². The lowest BCUT2D eigenvalue weighted by Gasteiger charge is -2.06. The predicted octanol–water partition coefficient (Wildman–Crippen LogP) is 2.44. The van der Waals surface area contributed by atoms with Crippen LogP contribution in [0.3, 0.4) is 0 Å². The van der Waals surface area contributed by atoms with Crippen molar-refractivity contribution >= 4 is 0 Å². The Morgan fingerprint density at radius 2 is 1.79 bits per heavy atom. The van der Waals surface area contributed by atoms with E-state index in [2.05, 4.69) is 4.74 Å². The molecule has 1 aromatic rings. The van der Waals surface area contributed by atoms with Crippen molar-refractivity contribution in [1.29, 1.82) is 5.26 Å². The third-order valence-corrected chi connectivity index (χ3v) is 1.36. The van der Waals surface area contributed by atoms with Crippen molar-refractivity contribution in [3.05, 3.63) is 29.3 Å². The second-order valence-electron chi connectivity index (χ2n) is 2.25. The maximum atomic E-state index is 12.5. The lowest BCUT2D eigenvalue weighted by atomic mass is 10.2. The molecule has 0 amide bonds. The van der Waals surface area contributed by atoms with E-state index < -0.39 is 29.6 Å². The number of nitriles is 1. The first kappa shape index (κ1) is 10.3. The zero-order valence-electron chi connectivity index (χ0n) is 6.60. The molecule has 0 saturated heterocycles. The molecule has 0 aliphatic rings. The summed E-state index contributed by atoms with van der Waals surface area (Å²) in [6.07, 6.45) is 0. The van der Waals surface area contributed by atoms with Gasteiger partial charge in [0.05, 0.1) is 5.56 Å². The molecule has 6 heteroatoms. The molecule has 0 aliphatic carbocycles. The Kier molecular flexibility index (Phi) is 2.92. The molecule has 0 N–H and O–H groups in total. The van der Waals surface area contributed by atoms with Crippen LogP contribution in [0.5, 0.6) is 5.75 Å². The monoisotopic (exact) mass is 205 g/mol. The van der Waals surface area contributed by atoms with Crippen molar-refractivity contribution in [1.82, 2.24) is 0 Å². The number of ether oxygens (including phenoxy) is 1. The number of rotatable bonds is 2. The maximum Gasteiger partial charge on any atom is 0.387 e. The van der Waals surface area contributed by atoms with Gasteiger partial charge in [-0.2, -0.15) is 14.0 Å². The van der Waals surface area contributed by atoms with E-state index in [1.807, 2.05) is 0 Å². The molecular formula is C8H3F4NO. The Bertz CT molecular complexity index is 386. The topological polar surface area (TPSA) is 33.0 Å². The first-order valence-electron chi connectivity index (χ1n) is 3.38. The number of hydrogen-bond donors (Lipinski definition) is 0. The van der Waals surface area contributed by atoms with Crippen LogP contribution in [-0.2, 0) is 0 Å². The fourth-order valence-corrected chi connectivity index (χ4v) is 0.809. The standard InChI is InChI=1S/C8H3F4NO/c9-5-1-4(3-13)7(2-6(5)10)14-8(11)12/h1-2,8H. The second-order valence-corrected chi connectivity index (χ2v) is 2.25. The summed E-state index contributed by atoms with van der Waals surface area (Å²) in [5, 5.41) is 8.38. The van der Waals surface area contributed by atoms with Crippen LogP contribution < -0.4 is 4.74 Å². The molecule has 0 heterocycles. The van der Waals surface area contributed by atoms with Crippen molar-refractivity contribution in [2.75, 3.05) is 0 Å². The third-order valence-electron chi connectivity index (χ3n) is 1.36. The van der Waals surface area contributed by atoms with Gasteiger partial charge in [0.25, 0.3) is 0 Å². The lowest BCUT2D eigenvalue weighted by Crippen LogP contribution is -2.04. The van der Waals surface area contributed by atoms with E-state index in [-0.39, 0.29) is 0 Å². The van der Waals surface area contributed by atoms with Crippen LogP contribution in [0.2, 0.25) is 0 Å². The number of nitrogens with zero attached hydrogens (tertiary/aromatic N) is 1. The Balaban J connectivity index is 3.15. The minimum absolute atomic E-state index is 0.403. The molecule has 0 unspecified atom stereocenters. The van der Waals surface area contributed by atoms with Gasteiger partial charge in [-0.1, -0.05) is 0 Å². The highest BCUT2D eigenvalue weighted by Crippen LogP contribution is 2.23. The molecule has 0 saturated carbocycles. The number of halogens is 4. The van der Waals surface area contributed by atoms with Crippen LogP contribution in [0.4, 0.5) is 17.6 Å². The highest BCUT2D eigenvalue weighted by molar-refractivity contribution is 5.43. The van der Waals surface area contributed by atoms with Gasteiger partial charge in [-0.15, -0.1) is 0 Å². The van der Waals surface area contributed by atoms with Crippen LogP contribution in [-0.4, -0.2) is 6.61 Å². The zero-order valence-corrected chi connectivity index (χ0v) is 6.60. The first-order valence-corrected chi connectivity index (χ1v) is 3.38. The Labute approximate surface area is 76.3 Å². The van der Waals surface area contributed by atoms with Gasteiger partial charge in [-0.25, -0.2) is 8.78 Å². The SMILES string of the molecule is N#Cc1cc(F)c(F)cc1OC(F)F. The summed E-state index contributed by atoms with van der Waals surface area (Å²) in [5.74, 6) is -3.32. The number of benzene rings is 1. The molecule has 0 aromatic heterocycles. The van der Waals surface area contributed by atoms with Crippen LogP contribution in [0.25, 0.3) is 0 Å².